The van der Waals surface area contributed by atoms with Crippen LogP contribution in [-0.4, -0.2) is 32.9 Å². The van der Waals surface area contributed by atoms with E-state index in [1.54, 1.807) is 6.20 Å². The van der Waals surface area contributed by atoms with Gasteiger partial charge in [0.05, 0.1) is 22.3 Å². The Morgan fingerprint density at radius 2 is 1.90 bits per heavy atom. The summed E-state index contributed by atoms with van der Waals surface area (Å²) in [6.07, 6.45) is 3.57. The van der Waals surface area contributed by atoms with Gasteiger partial charge >= 0.3 is 0 Å². The Kier molecular flexibility index (Phi) is 7.55. The molecule has 0 aliphatic carbocycles. The highest BCUT2D eigenvalue weighted by Gasteiger charge is 2.43. The van der Waals surface area contributed by atoms with Crippen LogP contribution in [0.3, 0.4) is 0 Å². The van der Waals surface area contributed by atoms with E-state index in [0.717, 1.165) is 42.4 Å². The second-order valence-corrected chi connectivity index (χ2v) is 13.7. The Morgan fingerprint density at radius 3 is 2.62 bits per heavy atom. The number of aromatic nitrogens is 3. The van der Waals surface area contributed by atoms with Crippen LogP contribution in [0.5, 0.6) is 0 Å². The van der Waals surface area contributed by atoms with Crippen molar-refractivity contribution in [2.45, 2.75) is 76.4 Å². The van der Waals surface area contributed by atoms with E-state index in [-0.39, 0.29) is 22.9 Å². The van der Waals surface area contributed by atoms with Gasteiger partial charge in [-0.2, -0.15) is 0 Å². The van der Waals surface area contributed by atoms with Crippen molar-refractivity contribution < 1.29 is 4.79 Å². The highest BCUT2D eigenvalue weighted by Crippen LogP contribution is 2.43. The molecule has 2 N–H and O–H groups in total. The Morgan fingerprint density at radius 1 is 1.10 bits per heavy atom. The van der Waals surface area contributed by atoms with Crippen LogP contribution in [0.2, 0.25) is 5.02 Å². The standard InChI is InChI=1S/C30H37ClN6OS/c1-18-14-23(22-12-10-20(31)16-32-22)33-25-8-7-9-26(35-25)39-36-28(38)21-11-13-24(29(2,3)4)34-27(21)37-17-19(18)15-30(37,5)6/h7-13,16,18-19,23H,14-15,17H2,1-6H3,(H,33,35)(H,36,38). The minimum atomic E-state index is -0.173. The second kappa shape index (κ2) is 10.6. The number of nitrogens with zero attached hydrogens (tertiary/aromatic N) is 4. The summed E-state index contributed by atoms with van der Waals surface area (Å²) in [6, 6.07) is 13.5. The Hall–Kier alpha value is -2.84. The van der Waals surface area contributed by atoms with E-state index < -0.39 is 0 Å². The third kappa shape index (κ3) is 6.02. The number of pyridine rings is 3. The number of carbonyl (C=O) groups excluding carboxylic acids is 1. The van der Waals surface area contributed by atoms with Crippen LogP contribution in [-0.2, 0) is 5.41 Å². The molecule has 9 heteroatoms. The molecule has 1 fully saturated rings. The summed E-state index contributed by atoms with van der Waals surface area (Å²) in [7, 11) is 0. The predicted octanol–water partition coefficient (Wildman–Crippen LogP) is 7.06. The smallest absolute Gasteiger partial charge is 0.265 e. The highest BCUT2D eigenvalue weighted by atomic mass is 35.5. The lowest BCUT2D eigenvalue weighted by molar-refractivity contribution is 0.0984. The molecule has 3 atom stereocenters. The molecule has 0 saturated carbocycles. The first kappa shape index (κ1) is 27.7. The monoisotopic (exact) mass is 564 g/mol. The Bertz CT molecular complexity index is 1360. The van der Waals surface area contributed by atoms with Gasteiger partial charge in [-0.1, -0.05) is 45.4 Å². The fourth-order valence-electron chi connectivity index (χ4n) is 5.60. The van der Waals surface area contributed by atoms with Crippen LogP contribution >= 0.6 is 23.5 Å². The van der Waals surface area contributed by atoms with E-state index in [9.17, 15) is 4.79 Å². The zero-order valence-electron chi connectivity index (χ0n) is 23.5. The van der Waals surface area contributed by atoms with Crippen LogP contribution in [0, 0.1) is 11.8 Å². The number of carbonyl (C=O) groups is 1. The average molecular weight is 565 g/mol. The zero-order chi connectivity index (χ0) is 27.9. The topological polar surface area (TPSA) is 83.0 Å². The van der Waals surface area contributed by atoms with E-state index in [4.69, 9.17) is 21.6 Å². The minimum absolute atomic E-state index is 0.0418. The number of nitrogens with one attached hydrogen (secondary N) is 2. The molecule has 0 radical (unpaired) electrons. The number of fused-ring (bicyclic) bond motifs is 6. The van der Waals surface area contributed by atoms with E-state index in [2.05, 4.69) is 61.5 Å². The number of amides is 1. The lowest BCUT2D eigenvalue weighted by atomic mass is 9.83. The summed E-state index contributed by atoms with van der Waals surface area (Å²) >= 11 is 7.37. The van der Waals surface area contributed by atoms with Gasteiger partial charge in [-0.25, -0.2) is 9.97 Å². The fraction of sp³-hybridized carbons (Fsp3) is 0.467. The SMILES string of the molecule is CC1CC(c2ccc(Cl)cn2)Nc2cccc(n2)SNC(=O)c2ccc(C(C)(C)C)nc2N2CC1CC2(C)C. The minimum Gasteiger partial charge on any atom is -0.362 e. The first-order valence-electron chi connectivity index (χ1n) is 13.5. The number of halogens is 1. The third-order valence-electron chi connectivity index (χ3n) is 7.87. The van der Waals surface area contributed by atoms with E-state index in [0.29, 0.717) is 27.4 Å². The number of rotatable bonds is 1. The van der Waals surface area contributed by atoms with Gasteiger partial charge in [-0.05, 0) is 74.9 Å². The van der Waals surface area contributed by atoms with Crippen molar-refractivity contribution in [1.29, 1.82) is 0 Å². The molecule has 5 heterocycles. The van der Waals surface area contributed by atoms with E-state index in [1.807, 2.05) is 42.5 Å². The van der Waals surface area contributed by atoms with Crippen molar-refractivity contribution in [3.8, 4) is 0 Å². The lowest BCUT2D eigenvalue weighted by Gasteiger charge is -2.34. The first-order valence-corrected chi connectivity index (χ1v) is 14.7. The van der Waals surface area contributed by atoms with Crippen molar-refractivity contribution in [3.63, 3.8) is 0 Å². The molecule has 2 aliphatic heterocycles. The molecule has 3 aromatic heterocycles. The maximum Gasteiger partial charge on any atom is 0.265 e. The molecule has 1 amide bonds. The summed E-state index contributed by atoms with van der Waals surface area (Å²) in [5, 5.41) is 4.93. The van der Waals surface area contributed by atoms with Crippen molar-refractivity contribution in [1.82, 2.24) is 19.7 Å². The molecule has 0 spiro atoms. The lowest BCUT2D eigenvalue weighted by Crippen LogP contribution is -2.40. The molecule has 39 heavy (non-hydrogen) atoms. The summed E-state index contributed by atoms with van der Waals surface area (Å²) in [6.45, 7) is 14.1. The molecule has 0 aromatic carbocycles. The number of hydrogen-bond donors (Lipinski definition) is 2. The molecule has 1 saturated heterocycles. The highest BCUT2D eigenvalue weighted by molar-refractivity contribution is 7.97. The summed E-state index contributed by atoms with van der Waals surface area (Å²) in [5.74, 6) is 2.10. The molecule has 3 unspecified atom stereocenters. The van der Waals surface area contributed by atoms with Gasteiger partial charge in [0.1, 0.15) is 16.7 Å². The normalized spacial score (nSPS) is 23.2. The van der Waals surface area contributed by atoms with Crippen LogP contribution < -0.4 is 14.9 Å². The van der Waals surface area contributed by atoms with Crippen molar-refractivity contribution >= 4 is 41.1 Å². The van der Waals surface area contributed by atoms with Crippen molar-refractivity contribution in [2.75, 3.05) is 16.8 Å². The van der Waals surface area contributed by atoms with E-state index >= 15 is 0 Å². The molecule has 206 valence electrons. The van der Waals surface area contributed by atoms with Gasteiger partial charge in [-0.15, -0.1) is 0 Å². The molecule has 5 rings (SSSR count). The van der Waals surface area contributed by atoms with Crippen LogP contribution in [0.25, 0.3) is 0 Å². The predicted molar refractivity (Wildman–Crippen MR) is 159 cm³/mol. The fourth-order valence-corrected chi connectivity index (χ4v) is 6.31. The largest absolute Gasteiger partial charge is 0.362 e. The van der Waals surface area contributed by atoms with Gasteiger partial charge in [0, 0.05) is 41.3 Å². The van der Waals surface area contributed by atoms with Gasteiger partial charge in [0.15, 0.2) is 0 Å². The Balaban J connectivity index is 1.58. The van der Waals surface area contributed by atoms with Crippen LogP contribution in [0.1, 0.15) is 82.2 Å². The molecular formula is C30H37ClN6OS. The maximum absolute atomic E-state index is 13.6. The van der Waals surface area contributed by atoms with E-state index in [1.165, 1.54) is 11.9 Å². The molecule has 7 nitrogen and oxygen atoms in total. The Labute approximate surface area is 240 Å². The maximum atomic E-state index is 13.6. The summed E-state index contributed by atoms with van der Waals surface area (Å²) in [4.78, 5) is 30.4. The third-order valence-corrected chi connectivity index (χ3v) is 8.81. The van der Waals surface area contributed by atoms with Gasteiger partial charge in [0.2, 0.25) is 0 Å². The second-order valence-electron chi connectivity index (χ2n) is 12.4. The first-order chi connectivity index (χ1) is 18.4. The molecule has 3 aromatic rings. The summed E-state index contributed by atoms with van der Waals surface area (Å²) in [5.41, 5.74) is 2.20. The van der Waals surface area contributed by atoms with Crippen molar-refractivity contribution in [3.05, 3.63) is 70.6 Å². The van der Waals surface area contributed by atoms with Crippen LogP contribution in [0.15, 0.2) is 53.7 Å². The van der Waals surface area contributed by atoms with Crippen LogP contribution in [0.4, 0.5) is 11.6 Å². The van der Waals surface area contributed by atoms with Crippen molar-refractivity contribution in [2.24, 2.45) is 11.8 Å². The average Bonchev–Trinajstić information content (AvgIpc) is 3.21. The molecule has 4 bridgehead atoms. The quantitative estimate of drug-likeness (QED) is 0.306. The summed E-state index contributed by atoms with van der Waals surface area (Å²) < 4.78 is 3.01. The number of anilines is 2. The van der Waals surface area contributed by atoms with Gasteiger partial charge in [0.25, 0.3) is 5.91 Å². The molecular weight excluding hydrogens is 528 g/mol. The number of hydrogen-bond acceptors (Lipinski definition) is 7. The molecule has 2 aliphatic rings. The van der Waals surface area contributed by atoms with Gasteiger partial charge < -0.3 is 10.2 Å². The van der Waals surface area contributed by atoms with Gasteiger partial charge in [-0.3, -0.25) is 14.5 Å². The zero-order valence-corrected chi connectivity index (χ0v) is 25.0.